The second kappa shape index (κ2) is 9.84. The van der Waals surface area contributed by atoms with Gasteiger partial charge in [-0.3, -0.25) is 4.90 Å². The van der Waals surface area contributed by atoms with Crippen LogP contribution in [0.15, 0.2) is 48.5 Å². The number of hydrogen-bond acceptors (Lipinski definition) is 7. The van der Waals surface area contributed by atoms with Crippen molar-refractivity contribution in [3.05, 3.63) is 65.7 Å². The van der Waals surface area contributed by atoms with Crippen LogP contribution in [-0.4, -0.2) is 72.1 Å². The van der Waals surface area contributed by atoms with E-state index >= 15 is 0 Å². The predicted molar refractivity (Wildman–Crippen MR) is 115 cm³/mol. The molecule has 2 aromatic carbocycles. The number of tetrazole rings is 1. The summed E-state index contributed by atoms with van der Waals surface area (Å²) in [5.74, 6) is 1.37. The van der Waals surface area contributed by atoms with Gasteiger partial charge < -0.3 is 14.4 Å². The number of halogens is 1. The SMILES string of the molecule is COCCn1nnnc1[C@H](c1ccc(OC)cc1)N1CCN(c2ccccc2F)CC1. The van der Waals surface area contributed by atoms with Gasteiger partial charge in [-0.15, -0.1) is 5.10 Å². The van der Waals surface area contributed by atoms with Gasteiger partial charge in [-0.1, -0.05) is 24.3 Å². The topological polar surface area (TPSA) is 68.5 Å². The minimum absolute atomic E-state index is 0.125. The lowest BCUT2D eigenvalue weighted by molar-refractivity contribution is 0.171. The summed E-state index contributed by atoms with van der Waals surface area (Å²) in [5.41, 5.74) is 1.72. The molecular weight excluding hydrogens is 399 g/mol. The van der Waals surface area contributed by atoms with Crippen LogP contribution in [0.1, 0.15) is 17.4 Å². The van der Waals surface area contributed by atoms with Crippen LogP contribution in [0.3, 0.4) is 0 Å². The van der Waals surface area contributed by atoms with Crippen molar-refractivity contribution in [3.63, 3.8) is 0 Å². The van der Waals surface area contributed by atoms with Crippen molar-refractivity contribution in [1.29, 1.82) is 0 Å². The van der Waals surface area contributed by atoms with E-state index < -0.39 is 0 Å². The van der Waals surface area contributed by atoms with Gasteiger partial charge in [0, 0.05) is 33.3 Å². The largest absolute Gasteiger partial charge is 0.497 e. The Labute approximate surface area is 181 Å². The maximum Gasteiger partial charge on any atom is 0.173 e. The lowest BCUT2D eigenvalue weighted by Gasteiger charge is -2.40. The van der Waals surface area contributed by atoms with Crippen molar-refractivity contribution >= 4 is 5.69 Å². The number of benzene rings is 2. The number of nitrogens with zero attached hydrogens (tertiary/aromatic N) is 6. The summed E-state index contributed by atoms with van der Waals surface area (Å²) in [6.07, 6.45) is 0. The van der Waals surface area contributed by atoms with Gasteiger partial charge in [-0.05, 0) is 40.3 Å². The first kappa shape index (κ1) is 21.2. The summed E-state index contributed by atoms with van der Waals surface area (Å²) in [5, 5.41) is 12.4. The maximum atomic E-state index is 14.3. The highest BCUT2D eigenvalue weighted by atomic mass is 19.1. The Kier molecular flexibility index (Phi) is 6.73. The minimum atomic E-state index is -0.189. The van der Waals surface area contributed by atoms with Crippen molar-refractivity contribution in [3.8, 4) is 5.75 Å². The Balaban J connectivity index is 1.59. The highest BCUT2D eigenvalue weighted by Gasteiger charge is 2.31. The fraction of sp³-hybridized carbons (Fsp3) is 0.409. The molecule has 9 heteroatoms. The number of aromatic nitrogens is 4. The molecule has 4 rings (SSSR count). The quantitative estimate of drug-likeness (QED) is 0.548. The minimum Gasteiger partial charge on any atom is -0.497 e. The Morgan fingerprint density at radius 2 is 1.74 bits per heavy atom. The zero-order valence-electron chi connectivity index (χ0n) is 17.8. The molecular formula is C22H27FN6O2. The molecule has 0 aliphatic carbocycles. The summed E-state index contributed by atoms with van der Waals surface area (Å²) in [6, 6.07) is 14.8. The average Bonchev–Trinajstić information content (AvgIpc) is 3.27. The molecule has 1 saturated heterocycles. The van der Waals surface area contributed by atoms with Gasteiger partial charge in [0.15, 0.2) is 5.82 Å². The van der Waals surface area contributed by atoms with Crippen molar-refractivity contribution in [2.45, 2.75) is 12.6 Å². The van der Waals surface area contributed by atoms with E-state index in [2.05, 4.69) is 25.3 Å². The zero-order valence-corrected chi connectivity index (χ0v) is 17.8. The third kappa shape index (κ3) is 4.67. The molecule has 0 spiro atoms. The van der Waals surface area contributed by atoms with Gasteiger partial charge in [-0.25, -0.2) is 9.07 Å². The molecule has 1 aliphatic rings. The lowest BCUT2D eigenvalue weighted by atomic mass is 10.0. The maximum absolute atomic E-state index is 14.3. The molecule has 0 N–H and O–H groups in total. The molecule has 0 amide bonds. The summed E-state index contributed by atoms with van der Waals surface area (Å²) in [7, 11) is 3.31. The molecule has 2 heterocycles. The van der Waals surface area contributed by atoms with Gasteiger partial charge in [-0.2, -0.15) is 0 Å². The van der Waals surface area contributed by atoms with Crippen LogP contribution in [0, 0.1) is 5.82 Å². The molecule has 0 saturated carbocycles. The molecule has 8 nitrogen and oxygen atoms in total. The molecule has 1 fully saturated rings. The Morgan fingerprint density at radius 3 is 2.42 bits per heavy atom. The summed E-state index contributed by atoms with van der Waals surface area (Å²) in [6.45, 7) is 4.03. The summed E-state index contributed by atoms with van der Waals surface area (Å²) >= 11 is 0. The number of piperazine rings is 1. The number of methoxy groups -OCH3 is 2. The number of hydrogen-bond donors (Lipinski definition) is 0. The van der Waals surface area contributed by atoms with E-state index in [0.29, 0.717) is 31.9 Å². The Morgan fingerprint density at radius 1 is 1.00 bits per heavy atom. The van der Waals surface area contributed by atoms with Crippen molar-refractivity contribution in [1.82, 2.24) is 25.1 Å². The first-order valence-corrected chi connectivity index (χ1v) is 10.3. The van der Waals surface area contributed by atoms with Crippen LogP contribution < -0.4 is 9.64 Å². The van der Waals surface area contributed by atoms with E-state index in [1.165, 1.54) is 6.07 Å². The predicted octanol–water partition coefficient (Wildman–Crippen LogP) is 2.38. The molecule has 1 atom stereocenters. The van der Waals surface area contributed by atoms with Gasteiger partial charge >= 0.3 is 0 Å². The monoisotopic (exact) mass is 426 g/mol. The molecule has 1 aromatic heterocycles. The van der Waals surface area contributed by atoms with E-state index in [9.17, 15) is 4.39 Å². The van der Waals surface area contributed by atoms with E-state index in [1.54, 1.807) is 25.0 Å². The fourth-order valence-corrected chi connectivity index (χ4v) is 3.98. The number of anilines is 1. The molecule has 0 bridgehead atoms. The van der Waals surface area contributed by atoms with Gasteiger partial charge in [0.25, 0.3) is 0 Å². The second-order valence-corrected chi connectivity index (χ2v) is 7.40. The van der Waals surface area contributed by atoms with Gasteiger partial charge in [0.1, 0.15) is 11.6 Å². The van der Waals surface area contributed by atoms with E-state index in [0.717, 1.165) is 30.2 Å². The highest BCUT2D eigenvalue weighted by Crippen LogP contribution is 2.30. The number of rotatable bonds is 8. The van der Waals surface area contributed by atoms with E-state index in [-0.39, 0.29) is 11.9 Å². The van der Waals surface area contributed by atoms with Gasteiger partial charge in [0.05, 0.1) is 32.0 Å². The standard InChI is InChI=1S/C22H27FN6O2/c1-30-16-15-29-22(24-25-26-29)21(17-7-9-18(31-2)10-8-17)28-13-11-27(12-14-28)20-6-4-3-5-19(20)23/h3-10,21H,11-16H2,1-2H3/t21-/m0/s1. The summed E-state index contributed by atoms with van der Waals surface area (Å²) in [4.78, 5) is 4.43. The second-order valence-electron chi connectivity index (χ2n) is 7.40. The lowest BCUT2D eigenvalue weighted by Crippen LogP contribution is -2.48. The van der Waals surface area contributed by atoms with Crippen LogP contribution >= 0.6 is 0 Å². The van der Waals surface area contributed by atoms with Crippen molar-refractivity contribution in [2.24, 2.45) is 0 Å². The fourth-order valence-electron chi connectivity index (χ4n) is 3.98. The molecule has 0 unspecified atom stereocenters. The van der Waals surface area contributed by atoms with Crippen LogP contribution in [0.5, 0.6) is 5.75 Å². The first-order chi connectivity index (χ1) is 15.2. The van der Waals surface area contributed by atoms with E-state index in [1.807, 2.05) is 36.4 Å². The van der Waals surface area contributed by atoms with Crippen LogP contribution in [0.2, 0.25) is 0 Å². The Bertz CT molecular complexity index is 972. The smallest absolute Gasteiger partial charge is 0.173 e. The Hall–Kier alpha value is -3.04. The summed E-state index contributed by atoms with van der Waals surface area (Å²) < 4.78 is 26.6. The molecule has 164 valence electrons. The molecule has 0 radical (unpaired) electrons. The molecule has 1 aliphatic heterocycles. The van der Waals surface area contributed by atoms with Crippen LogP contribution in [-0.2, 0) is 11.3 Å². The average molecular weight is 426 g/mol. The molecule has 3 aromatic rings. The zero-order chi connectivity index (χ0) is 21.6. The van der Waals surface area contributed by atoms with Crippen LogP contribution in [0.4, 0.5) is 10.1 Å². The highest BCUT2D eigenvalue weighted by molar-refractivity contribution is 5.48. The van der Waals surface area contributed by atoms with Crippen LogP contribution in [0.25, 0.3) is 0 Å². The van der Waals surface area contributed by atoms with Crippen molar-refractivity contribution < 1.29 is 13.9 Å². The molecule has 31 heavy (non-hydrogen) atoms. The number of para-hydroxylation sites is 1. The van der Waals surface area contributed by atoms with Crippen molar-refractivity contribution in [2.75, 3.05) is 51.9 Å². The third-order valence-electron chi connectivity index (χ3n) is 5.62. The van der Waals surface area contributed by atoms with Gasteiger partial charge in [0.2, 0.25) is 0 Å². The van der Waals surface area contributed by atoms with E-state index in [4.69, 9.17) is 9.47 Å². The third-order valence-corrected chi connectivity index (χ3v) is 5.62. The number of ether oxygens (including phenoxy) is 2. The normalized spacial score (nSPS) is 15.8. The first-order valence-electron chi connectivity index (χ1n) is 10.3.